The first-order valence-electron chi connectivity index (χ1n) is 8.95. The maximum Gasteiger partial charge on any atom is 0.418 e. The van der Waals surface area contributed by atoms with Crippen molar-refractivity contribution in [2.45, 2.75) is 37.9 Å². The van der Waals surface area contributed by atoms with Gasteiger partial charge < -0.3 is 10.0 Å². The topological polar surface area (TPSA) is 52.9 Å². The molecule has 2 bridgehead atoms. The number of para-hydroxylation sites is 1. The lowest BCUT2D eigenvalue weighted by molar-refractivity contribution is -0.137. The Morgan fingerprint density at radius 2 is 1.89 bits per heavy atom. The molecule has 8 heteroatoms. The molecule has 4 aliphatic rings. The summed E-state index contributed by atoms with van der Waals surface area (Å²) >= 11 is 1.10. The third-order valence-corrected chi connectivity index (χ3v) is 6.45. The van der Waals surface area contributed by atoms with E-state index in [9.17, 15) is 23.1 Å². The lowest BCUT2D eigenvalue weighted by atomic mass is 9.79. The first kappa shape index (κ1) is 18.4. The summed E-state index contributed by atoms with van der Waals surface area (Å²) in [5.41, 5.74) is -1.04. The fourth-order valence-electron chi connectivity index (χ4n) is 4.09. The van der Waals surface area contributed by atoms with Gasteiger partial charge in [-0.05, 0) is 43.7 Å². The number of aliphatic hydroxyl groups is 1. The van der Waals surface area contributed by atoms with Gasteiger partial charge in [0, 0.05) is 12.6 Å². The number of rotatable bonds is 2. The van der Waals surface area contributed by atoms with Crippen LogP contribution in [0.4, 0.5) is 18.9 Å². The average molecular weight is 396 g/mol. The van der Waals surface area contributed by atoms with Gasteiger partial charge in [-0.3, -0.25) is 4.79 Å². The number of hydrogen-bond acceptors (Lipinski definition) is 4. The summed E-state index contributed by atoms with van der Waals surface area (Å²) in [6.45, 7) is 0.650. The van der Waals surface area contributed by atoms with Gasteiger partial charge in [-0.15, -0.1) is 0 Å². The van der Waals surface area contributed by atoms with Crippen LogP contribution in [0.3, 0.4) is 0 Å². The molecule has 4 nitrogen and oxygen atoms in total. The van der Waals surface area contributed by atoms with Gasteiger partial charge in [0.05, 0.1) is 17.0 Å². The molecule has 0 radical (unpaired) electrons. The van der Waals surface area contributed by atoms with Gasteiger partial charge in [0.2, 0.25) is 0 Å². The fourth-order valence-corrected chi connectivity index (χ4v) is 5.02. The van der Waals surface area contributed by atoms with Crippen LogP contribution in [0.5, 0.6) is 0 Å². The van der Waals surface area contributed by atoms with Crippen LogP contribution in [-0.4, -0.2) is 39.3 Å². The van der Waals surface area contributed by atoms with E-state index in [1.807, 2.05) is 0 Å². The Bertz CT molecular complexity index is 826. The molecule has 1 aromatic carbocycles. The van der Waals surface area contributed by atoms with E-state index in [2.05, 4.69) is 4.99 Å². The number of thioether (sulfide) groups is 1. The van der Waals surface area contributed by atoms with Crippen molar-refractivity contribution in [3.8, 4) is 0 Å². The highest BCUT2D eigenvalue weighted by Crippen LogP contribution is 2.40. The molecule has 5 rings (SSSR count). The van der Waals surface area contributed by atoms with E-state index < -0.39 is 11.7 Å². The largest absolute Gasteiger partial charge is 0.510 e. The Kier molecular flexibility index (Phi) is 4.70. The Morgan fingerprint density at radius 3 is 2.52 bits per heavy atom. The number of amides is 1. The van der Waals surface area contributed by atoms with Crippen LogP contribution in [0.25, 0.3) is 0 Å². The monoisotopic (exact) mass is 396 g/mol. The first-order chi connectivity index (χ1) is 12.8. The van der Waals surface area contributed by atoms with E-state index in [0.717, 1.165) is 43.5 Å². The molecule has 1 aromatic rings. The molecule has 0 atom stereocenters. The molecule has 0 spiro atoms. The zero-order valence-electron chi connectivity index (χ0n) is 14.5. The molecule has 3 heterocycles. The quantitative estimate of drug-likeness (QED) is 0.789. The predicted molar refractivity (Wildman–Crippen MR) is 98.1 cm³/mol. The third kappa shape index (κ3) is 3.47. The fraction of sp³-hybridized carbons (Fsp3) is 0.474. The summed E-state index contributed by atoms with van der Waals surface area (Å²) in [5, 5.41) is 10.4. The maximum absolute atomic E-state index is 13.2. The van der Waals surface area contributed by atoms with Crippen LogP contribution < -0.4 is 0 Å². The van der Waals surface area contributed by atoms with Crippen LogP contribution in [0.1, 0.15) is 31.2 Å². The van der Waals surface area contributed by atoms with Gasteiger partial charge in [0.1, 0.15) is 16.4 Å². The number of hydrogen-bond donors (Lipinski definition) is 1. The van der Waals surface area contributed by atoms with Crippen molar-refractivity contribution in [2.24, 2.45) is 10.9 Å². The lowest BCUT2D eigenvalue weighted by Crippen LogP contribution is -2.51. The Labute approximate surface area is 159 Å². The minimum atomic E-state index is -4.54. The van der Waals surface area contributed by atoms with Gasteiger partial charge in [0.25, 0.3) is 5.91 Å². The van der Waals surface area contributed by atoms with Crippen LogP contribution in [0.15, 0.2) is 40.6 Å². The van der Waals surface area contributed by atoms with Crippen LogP contribution in [-0.2, 0) is 11.0 Å². The number of carbonyl (C=O) groups is 1. The number of carbonyl (C=O) groups excluding carboxylic acids is 1. The third-order valence-electron chi connectivity index (χ3n) is 5.47. The highest BCUT2D eigenvalue weighted by Gasteiger charge is 2.41. The van der Waals surface area contributed by atoms with E-state index in [-0.39, 0.29) is 39.8 Å². The Hall–Kier alpha value is -1.96. The molecule has 3 aliphatic heterocycles. The van der Waals surface area contributed by atoms with Gasteiger partial charge in [-0.2, -0.15) is 13.2 Å². The van der Waals surface area contributed by atoms with Crippen molar-refractivity contribution in [1.82, 2.24) is 4.90 Å². The number of benzene rings is 1. The molecule has 1 amide bonds. The van der Waals surface area contributed by atoms with Crippen molar-refractivity contribution >= 4 is 28.4 Å². The van der Waals surface area contributed by atoms with E-state index in [1.54, 1.807) is 4.90 Å². The summed E-state index contributed by atoms with van der Waals surface area (Å²) < 4.78 is 39.7. The molecular weight excluding hydrogens is 377 g/mol. The maximum atomic E-state index is 13.2. The minimum Gasteiger partial charge on any atom is -0.510 e. The molecule has 0 aromatic heterocycles. The second kappa shape index (κ2) is 6.89. The smallest absolute Gasteiger partial charge is 0.418 e. The summed E-state index contributed by atoms with van der Waals surface area (Å²) in [6.07, 6.45) is -0.434. The number of aliphatic imine (C=N–C) groups is 1. The molecule has 3 fully saturated rings. The van der Waals surface area contributed by atoms with E-state index in [0.29, 0.717) is 12.5 Å². The Balaban J connectivity index is 1.67. The second-order valence-corrected chi connectivity index (χ2v) is 8.14. The van der Waals surface area contributed by atoms with Gasteiger partial charge in [-0.1, -0.05) is 23.9 Å². The van der Waals surface area contributed by atoms with Gasteiger partial charge in [-0.25, -0.2) is 4.99 Å². The first-order valence-corrected chi connectivity index (χ1v) is 9.94. The number of nitrogens with zero attached hydrogens (tertiary/aromatic N) is 2. The van der Waals surface area contributed by atoms with E-state index in [1.165, 1.54) is 18.2 Å². The molecule has 2 saturated heterocycles. The highest BCUT2D eigenvalue weighted by molar-refractivity contribution is 8.15. The molecule has 1 aliphatic carbocycles. The number of piperidine rings is 2. The van der Waals surface area contributed by atoms with Crippen LogP contribution in [0.2, 0.25) is 0 Å². The number of alkyl halides is 3. The lowest BCUT2D eigenvalue weighted by Gasteiger charge is -2.45. The molecule has 1 saturated carbocycles. The normalized spacial score (nSPS) is 26.9. The van der Waals surface area contributed by atoms with Gasteiger partial charge >= 0.3 is 6.18 Å². The Morgan fingerprint density at radius 1 is 1.19 bits per heavy atom. The summed E-state index contributed by atoms with van der Waals surface area (Å²) in [7, 11) is 0. The zero-order valence-corrected chi connectivity index (χ0v) is 15.3. The predicted octanol–water partition coefficient (Wildman–Crippen LogP) is 4.70. The van der Waals surface area contributed by atoms with Crippen molar-refractivity contribution in [3.05, 3.63) is 41.2 Å². The standard InChI is InChI=1S/C19H19F3N2O2S/c20-19(21,22)13-3-1-2-4-14(13)23-17-16(15(25)10-27-17)18(26)24-9-11-5-7-12(24)8-6-11/h1-4,11-12,25H,5-10H2. The molecular formula is C19H19F3N2O2S. The number of fused-ring (bicyclic) bond motifs is 3. The molecule has 0 unspecified atom stereocenters. The second-order valence-electron chi connectivity index (χ2n) is 7.17. The molecule has 27 heavy (non-hydrogen) atoms. The van der Waals surface area contributed by atoms with E-state index in [4.69, 9.17) is 0 Å². The van der Waals surface area contributed by atoms with Crippen molar-refractivity contribution in [3.63, 3.8) is 0 Å². The zero-order chi connectivity index (χ0) is 19.2. The van der Waals surface area contributed by atoms with Gasteiger partial charge in [0.15, 0.2) is 0 Å². The minimum absolute atomic E-state index is 0.0597. The average Bonchev–Trinajstić information content (AvgIpc) is 3.02. The number of aliphatic hydroxyl groups excluding tert-OH is 1. The summed E-state index contributed by atoms with van der Waals surface area (Å²) in [4.78, 5) is 19.0. The van der Waals surface area contributed by atoms with Crippen LogP contribution in [0, 0.1) is 5.92 Å². The van der Waals surface area contributed by atoms with Crippen molar-refractivity contribution in [1.29, 1.82) is 0 Å². The molecule has 1 N–H and O–H groups in total. The SMILES string of the molecule is O=C(C1=C(O)CSC1=Nc1ccccc1C(F)(F)F)N1CC2CCC1CC2. The van der Waals surface area contributed by atoms with E-state index >= 15 is 0 Å². The van der Waals surface area contributed by atoms with Crippen molar-refractivity contribution in [2.75, 3.05) is 12.3 Å². The summed E-state index contributed by atoms with van der Waals surface area (Å²) in [5.74, 6) is 0.211. The summed E-state index contributed by atoms with van der Waals surface area (Å²) in [6, 6.07) is 5.17. The van der Waals surface area contributed by atoms with Crippen molar-refractivity contribution < 1.29 is 23.1 Å². The van der Waals surface area contributed by atoms with Crippen LogP contribution >= 0.6 is 11.8 Å². The number of halogens is 3. The molecule has 144 valence electrons. The highest BCUT2D eigenvalue weighted by atomic mass is 32.2.